The van der Waals surface area contributed by atoms with Gasteiger partial charge < -0.3 is 18.9 Å². The van der Waals surface area contributed by atoms with Crippen molar-refractivity contribution in [2.24, 2.45) is 0 Å². The Balaban J connectivity index is 1.92. The topological polar surface area (TPSA) is 96.0 Å². The summed E-state index contributed by atoms with van der Waals surface area (Å²) in [7, 11) is 4.45. The molecule has 32 heavy (non-hydrogen) atoms. The van der Waals surface area contributed by atoms with Crippen molar-refractivity contribution in [3.63, 3.8) is 0 Å². The summed E-state index contributed by atoms with van der Waals surface area (Å²) in [5.41, 5.74) is 1.78. The van der Waals surface area contributed by atoms with Crippen LogP contribution in [-0.2, 0) is 16.0 Å². The third-order valence-electron chi connectivity index (χ3n) is 4.50. The molecule has 0 fully saturated rings. The highest BCUT2D eigenvalue weighted by atomic mass is 32.1. The second kappa shape index (κ2) is 10.6. The minimum absolute atomic E-state index is 0.0653. The number of thiazole rings is 1. The van der Waals surface area contributed by atoms with Crippen LogP contribution in [0.1, 0.15) is 22.2 Å². The molecule has 0 aliphatic heterocycles. The van der Waals surface area contributed by atoms with Crippen LogP contribution in [0.2, 0.25) is 0 Å². The molecule has 0 saturated heterocycles. The van der Waals surface area contributed by atoms with Gasteiger partial charge >= 0.3 is 5.97 Å². The van der Waals surface area contributed by atoms with Crippen LogP contribution in [0.5, 0.6) is 17.2 Å². The normalized spacial score (nSPS) is 10.4. The summed E-state index contributed by atoms with van der Waals surface area (Å²) in [6.07, 6.45) is 0.0653. The highest BCUT2D eigenvalue weighted by molar-refractivity contribution is 7.16. The zero-order valence-corrected chi connectivity index (χ0v) is 19.1. The summed E-state index contributed by atoms with van der Waals surface area (Å²) < 4.78 is 21.0. The largest absolute Gasteiger partial charge is 0.493 e. The molecule has 168 valence electrons. The Morgan fingerprint density at radius 1 is 1.00 bits per heavy atom. The van der Waals surface area contributed by atoms with E-state index >= 15 is 0 Å². The van der Waals surface area contributed by atoms with Crippen molar-refractivity contribution in [3.8, 4) is 28.5 Å². The molecule has 1 N–H and O–H groups in total. The number of amides is 1. The van der Waals surface area contributed by atoms with Gasteiger partial charge in [-0.1, -0.05) is 30.3 Å². The lowest BCUT2D eigenvalue weighted by molar-refractivity contribution is -0.142. The number of methoxy groups -OCH3 is 3. The lowest BCUT2D eigenvalue weighted by atomic mass is 10.1. The number of hydrogen-bond donors (Lipinski definition) is 1. The van der Waals surface area contributed by atoms with Crippen LogP contribution >= 0.6 is 11.3 Å². The monoisotopic (exact) mass is 456 g/mol. The molecule has 8 nitrogen and oxygen atoms in total. The van der Waals surface area contributed by atoms with Gasteiger partial charge in [0.2, 0.25) is 5.75 Å². The molecule has 0 spiro atoms. The molecular formula is C23H24N2O6S. The molecule has 0 aliphatic rings. The molecule has 0 unspecified atom stereocenters. The van der Waals surface area contributed by atoms with Crippen molar-refractivity contribution < 1.29 is 28.5 Å². The zero-order valence-electron chi connectivity index (χ0n) is 18.3. The first-order valence-corrected chi connectivity index (χ1v) is 10.6. The summed E-state index contributed by atoms with van der Waals surface area (Å²) >= 11 is 1.23. The number of rotatable bonds is 9. The van der Waals surface area contributed by atoms with Gasteiger partial charge in [-0.3, -0.25) is 14.9 Å². The molecule has 1 heterocycles. The lowest BCUT2D eigenvalue weighted by Gasteiger charge is -2.13. The first-order chi connectivity index (χ1) is 15.5. The van der Waals surface area contributed by atoms with Crippen molar-refractivity contribution in [1.82, 2.24) is 4.98 Å². The van der Waals surface area contributed by atoms with Crippen LogP contribution in [0.15, 0.2) is 42.5 Å². The fourth-order valence-electron chi connectivity index (χ4n) is 3.07. The molecule has 0 bridgehead atoms. The van der Waals surface area contributed by atoms with Crippen molar-refractivity contribution in [2.45, 2.75) is 13.3 Å². The van der Waals surface area contributed by atoms with E-state index < -0.39 is 5.91 Å². The zero-order chi connectivity index (χ0) is 23.1. The van der Waals surface area contributed by atoms with E-state index in [9.17, 15) is 9.59 Å². The molecule has 2 aromatic carbocycles. The van der Waals surface area contributed by atoms with Crippen molar-refractivity contribution in [3.05, 3.63) is 52.9 Å². The minimum Gasteiger partial charge on any atom is -0.493 e. The van der Waals surface area contributed by atoms with Crippen LogP contribution < -0.4 is 19.5 Å². The third-order valence-corrected chi connectivity index (χ3v) is 5.47. The second-order valence-electron chi connectivity index (χ2n) is 6.51. The minimum atomic E-state index is -0.403. The predicted octanol–water partition coefficient (Wildman–Crippen LogP) is 4.19. The number of benzene rings is 2. The molecule has 3 aromatic rings. The quantitative estimate of drug-likeness (QED) is 0.482. The molecular weight excluding hydrogens is 432 g/mol. The Hall–Kier alpha value is -3.59. The Labute approximate surface area is 190 Å². The van der Waals surface area contributed by atoms with E-state index in [2.05, 4.69) is 10.3 Å². The van der Waals surface area contributed by atoms with Crippen LogP contribution in [-0.4, -0.2) is 44.8 Å². The molecule has 0 radical (unpaired) electrons. The molecule has 0 aliphatic carbocycles. The van der Waals surface area contributed by atoms with E-state index in [1.807, 2.05) is 30.3 Å². The second-order valence-corrected chi connectivity index (χ2v) is 7.59. The SMILES string of the molecule is CCOC(=O)Cc1sc(NC(=O)c2cc(OC)c(OC)c(OC)c2)nc1-c1ccccc1. The molecule has 1 aromatic heterocycles. The number of ether oxygens (including phenoxy) is 4. The maximum atomic E-state index is 12.9. The maximum absolute atomic E-state index is 12.9. The van der Waals surface area contributed by atoms with E-state index in [-0.39, 0.29) is 12.4 Å². The number of carbonyl (C=O) groups excluding carboxylic acids is 2. The van der Waals surface area contributed by atoms with E-state index in [0.29, 0.717) is 45.1 Å². The van der Waals surface area contributed by atoms with Crippen LogP contribution in [0.4, 0.5) is 5.13 Å². The summed E-state index contributed by atoms with van der Waals surface area (Å²) in [5.74, 6) is 0.369. The van der Waals surface area contributed by atoms with Gasteiger partial charge in [-0.2, -0.15) is 0 Å². The van der Waals surface area contributed by atoms with Gasteiger partial charge in [0.1, 0.15) is 0 Å². The maximum Gasteiger partial charge on any atom is 0.311 e. The molecule has 3 rings (SSSR count). The average molecular weight is 457 g/mol. The summed E-state index contributed by atoms with van der Waals surface area (Å²) in [5, 5.41) is 3.16. The summed E-state index contributed by atoms with van der Waals surface area (Å²) in [6, 6.07) is 12.6. The number of nitrogens with one attached hydrogen (secondary N) is 1. The van der Waals surface area contributed by atoms with Crippen LogP contribution in [0.25, 0.3) is 11.3 Å². The van der Waals surface area contributed by atoms with Crippen LogP contribution in [0, 0.1) is 0 Å². The van der Waals surface area contributed by atoms with Crippen molar-refractivity contribution >= 4 is 28.3 Å². The van der Waals surface area contributed by atoms with Gasteiger partial charge in [-0.05, 0) is 19.1 Å². The van der Waals surface area contributed by atoms with Gasteiger partial charge in [0, 0.05) is 16.0 Å². The third kappa shape index (κ3) is 5.17. The van der Waals surface area contributed by atoms with E-state index in [1.165, 1.54) is 32.7 Å². The van der Waals surface area contributed by atoms with Crippen molar-refractivity contribution in [1.29, 1.82) is 0 Å². The first kappa shape index (κ1) is 23.1. The van der Waals surface area contributed by atoms with E-state index in [4.69, 9.17) is 18.9 Å². The number of hydrogen-bond acceptors (Lipinski definition) is 8. The Bertz CT molecular complexity index is 1070. The fraction of sp³-hybridized carbons (Fsp3) is 0.261. The van der Waals surface area contributed by atoms with Gasteiger partial charge in [-0.25, -0.2) is 4.98 Å². The predicted molar refractivity (Wildman–Crippen MR) is 122 cm³/mol. The molecule has 9 heteroatoms. The number of nitrogens with zero attached hydrogens (tertiary/aromatic N) is 1. The Morgan fingerprint density at radius 3 is 2.22 bits per heavy atom. The lowest BCUT2D eigenvalue weighted by Crippen LogP contribution is -2.12. The Morgan fingerprint density at radius 2 is 1.66 bits per heavy atom. The fourth-order valence-corrected chi connectivity index (χ4v) is 4.04. The average Bonchev–Trinajstić information content (AvgIpc) is 3.20. The summed E-state index contributed by atoms with van der Waals surface area (Å²) in [6.45, 7) is 2.05. The number of carbonyl (C=O) groups is 2. The number of esters is 1. The molecule has 0 saturated carbocycles. The smallest absolute Gasteiger partial charge is 0.311 e. The highest BCUT2D eigenvalue weighted by Crippen LogP contribution is 2.38. The van der Waals surface area contributed by atoms with Gasteiger partial charge in [0.25, 0.3) is 5.91 Å². The van der Waals surface area contributed by atoms with Gasteiger partial charge in [0.15, 0.2) is 16.6 Å². The van der Waals surface area contributed by atoms with E-state index in [1.54, 1.807) is 19.1 Å². The Kier molecular flexibility index (Phi) is 7.67. The number of aromatic nitrogens is 1. The van der Waals surface area contributed by atoms with Gasteiger partial charge in [0.05, 0.1) is 40.1 Å². The molecule has 1 amide bonds. The molecule has 0 atom stereocenters. The van der Waals surface area contributed by atoms with E-state index in [0.717, 1.165) is 5.56 Å². The first-order valence-electron chi connectivity index (χ1n) is 9.82. The van der Waals surface area contributed by atoms with Crippen molar-refractivity contribution in [2.75, 3.05) is 33.3 Å². The van der Waals surface area contributed by atoms with Crippen LogP contribution in [0.3, 0.4) is 0 Å². The highest BCUT2D eigenvalue weighted by Gasteiger charge is 2.21. The number of anilines is 1. The standard InChI is InChI=1S/C23H24N2O6S/c1-5-31-19(26)13-18-20(14-9-7-6-8-10-14)24-23(32-18)25-22(27)15-11-16(28-2)21(30-4)17(12-15)29-3/h6-12H,5,13H2,1-4H3,(H,24,25,27). The van der Waals surface area contributed by atoms with Gasteiger partial charge in [-0.15, -0.1) is 11.3 Å². The summed E-state index contributed by atoms with van der Waals surface area (Å²) in [4.78, 5) is 30.3.